The van der Waals surface area contributed by atoms with E-state index >= 15 is 0 Å². The zero-order valence-electron chi connectivity index (χ0n) is 13.2. The number of halogens is 1. The van der Waals surface area contributed by atoms with Crippen LogP contribution >= 0.6 is 15.9 Å². The minimum Gasteiger partial charge on any atom is -0.492 e. The van der Waals surface area contributed by atoms with Gasteiger partial charge in [0, 0.05) is 24.1 Å². The first-order valence-electron chi connectivity index (χ1n) is 7.05. The molecule has 0 aliphatic rings. The standard InChI is InChI=1S/C16H24BrNO3/c1-16(2,3)18-11-12-7-5-8-13(17)15(12)21-10-6-9-14(19)20-4/h5,7-8,18H,6,9-11H2,1-4H3. The van der Waals surface area contributed by atoms with Crippen LogP contribution in [0.5, 0.6) is 5.75 Å². The van der Waals surface area contributed by atoms with Crippen molar-refractivity contribution in [2.45, 2.75) is 45.7 Å². The normalized spacial score (nSPS) is 11.3. The second-order valence-electron chi connectivity index (χ2n) is 5.86. The number of hydrogen-bond acceptors (Lipinski definition) is 4. The van der Waals surface area contributed by atoms with E-state index in [-0.39, 0.29) is 11.5 Å². The van der Waals surface area contributed by atoms with Gasteiger partial charge in [-0.15, -0.1) is 0 Å². The quantitative estimate of drug-likeness (QED) is 0.597. The molecular weight excluding hydrogens is 334 g/mol. The maximum absolute atomic E-state index is 11.1. The van der Waals surface area contributed by atoms with Gasteiger partial charge in [-0.25, -0.2) is 0 Å². The molecule has 1 aromatic rings. The van der Waals surface area contributed by atoms with Gasteiger partial charge in [-0.2, -0.15) is 0 Å². The van der Waals surface area contributed by atoms with Crippen LogP contribution in [0.15, 0.2) is 22.7 Å². The van der Waals surface area contributed by atoms with Gasteiger partial charge >= 0.3 is 5.97 Å². The Bertz CT molecular complexity index is 469. The Labute approximate surface area is 135 Å². The summed E-state index contributed by atoms with van der Waals surface area (Å²) in [4.78, 5) is 11.1. The van der Waals surface area contributed by atoms with Crippen molar-refractivity contribution >= 4 is 21.9 Å². The smallest absolute Gasteiger partial charge is 0.305 e. The number of hydrogen-bond donors (Lipinski definition) is 1. The van der Waals surface area contributed by atoms with Crippen LogP contribution in [0.2, 0.25) is 0 Å². The molecule has 1 N–H and O–H groups in total. The number of rotatable bonds is 7. The van der Waals surface area contributed by atoms with E-state index in [2.05, 4.69) is 46.8 Å². The Morgan fingerprint density at radius 3 is 2.67 bits per heavy atom. The molecule has 118 valence electrons. The molecule has 0 saturated carbocycles. The molecule has 0 amide bonds. The van der Waals surface area contributed by atoms with Crippen molar-refractivity contribution in [1.82, 2.24) is 5.32 Å². The summed E-state index contributed by atoms with van der Waals surface area (Å²) in [6.45, 7) is 7.60. The number of ether oxygens (including phenoxy) is 2. The molecule has 0 fully saturated rings. The maximum Gasteiger partial charge on any atom is 0.305 e. The van der Waals surface area contributed by atoms with Gasteiger partial charge in [-0.3, -0.25) is 4.79 Å². The lowest BCUT2D eigenvalue weighted by molar-refractivity contribution is -0.140. The number of carbonyl (C=O) groups excluding carboxylic acids is 1. The van der Waals surface area contributed by atoms with Crippen LogP contribution in [0.4, 0.5) is 0 Å². The van der Waals surface area contributed by atoms with Crippen LogP contribution in [-0.2, 0) is 16.1 Å². The Balaban J connectivity index is 2.61. The summed E-state index contributed by atoms with van der Waals surface area (Å²) >= 11 is 3.52. The first-order valence-corrected chi connectivity index (χ1v) is 7.85. The molecule has 5 heteroatoms. The van der Waals surface area contributed by atoms with Gasteiger partial charge in [-0.05, 0) is 49.2 Å². The van der Waals surface area contributed by atoms with Crippen LogP contribution in [0, 0.1) is 0 Å². The summed E-state index contributed by atoms with van der Waals surface area (Å²) in [6.07, 6.45) is 1.01. The summed E-state index contributed by atoms with van der Waals surface area (Å²) in [5.74, 6) is 0.625. The van der Waals surface area contributed by atoms with Gasteiger partial charge in [0.1, 0.15) is 5.75 Å². The lowest BCUT2D eigenvalue weighted by Crippen LogP contribution is -2.35. The van der Waals surface area contributed by atoms with Crippen molar-refractivity contribution < 1.29 is 14.3 Å². The molecule has 0 heterocycles. The van der Waals surface area contributed by atoms with Crippen LogP contribution in [0.1, 0.15) is 39.2 Å². The highest BCUT2D eigenvalue weighted by Crippen LogP contribution is 2.29. The molecule has 0 aromatic heterocycles. The van der Waals surface area contributed by atoms with Crippen molar-refractivity contribution in [2.75, 3.05) is 13.7 Å². The fraction of sp³-hybridized carbons (Fsp3) is 0.562. The Morgan fingerprint density at radius 2 is 2.05 bits per heavy atom. The third-order valence-electron chi connectivity index (χ3n) is 2.86. The van der Waals surface area contributed by atoms with Crippen molar-refractivity contribution in [1.29, 1.82) is 0 Å². The number of para-hydroxylation sites is 1. The second-order valence-corrected chi connectivity index (χ2v) is 6.71. The van der Waals surface area contributed by atoms with Gasteiger partial charge in [0.05, 0.1) is 18.2 Å². The molecule has 0 bridgehead atoms. The predicted octanol–water partition coefficient (Wildman–Crippen LogP) is 3.67. The zero-order valence-corrected chi connectivity index (χ0v) is 14.7. The van der Waals surface area contributed by atoms with Crippen LogP contribution in [0.25, 0.3) is 0 Å². The molecule has 0 spiro atoms. The van der Waals surface area contributed by atoms with Crippen LogP contribution in [0.3, 0.4) is 0 Å². The molecule has 21 heavy (non-hydrogen) atoms. The average molecular weight is 358 g/mol. The van der Waals surface area contributed by atoms with E-state index in [0.717, 1.165) is 22.3 Å². The van der Waals surface area contributed by atoms with Gasteiger partial charge in [0.25, 0.3) is 0 Å². The van der Waals surface area contributed by atoms with E-state index in [1.54, 1.807) is 0 Å². The lowest BCUT2D eigenvalue weighted by atomic mass is 10.1. The van der Waals surface area contributed by atoms with E-state index < -0.39 is 0 Å². The first kappa shape index (κ1) is 18.0. The molecule has 0 atom stereocenters. The maximum atomic E-state index is 11.1. The van der Waals surface area contributed by atoms with E-state index in [0.29, 0.717) is 19.4 Å². The monoisotopic (exact) mass is 357 g/mol. The number of carbonyl (C=O) groups is 1. The molecule has 0 unspecified atom stereocenters. The van der Waals surface area contributed by atoms with Gasteiger partial charge < -0.3 is 14.8 Å². The number of nitrogens with one attached hydrogen (secondary N) is 1. The van der Waals surface area contributed by atoms with Crippen molar-refractivity contribution in [3.05, 3.63) is 28.2 Å². The van der Waals surface area contributed by atoms with Gasteiger partial charge in [-0.1, -0.05) is 12.1 Å². The SMILES string of the molecule is COC(=O)CCCOc1c(Br)cccc1CNC(C)(C)C. The molecule has 1 rings (SSSR count). The molecule has 0 aliphatic carbocycles. The predicted molar refractivity (Wildman–Crippen MR) is 87.5 cm³/mol. The highest BCUT2D eigenvalue weighted by Gasteiger charge is 2.13. The number of esters is 1. The minimum atomic E-state index is -0.208. The van der Waals surface area contributed by atoms with Crippen molar-refractivity contribution in [3.63, 3.8) is 0 Å². The topological polar surface area (TPSA) is 47.6 Å². The third-order valence-corrected chi connectivity index (χ3v) is 3.48. The molecule has 0 radical (unpaired) electrons. The Morgan fingerprint density at radius 1 is 1.33 bits per heavy atom. The molecule has 4 nitrogen and oxygen atoms in total. The van der Waals surface area contributed by atoms with Crippen molar-refractivity contribution in [3.8, 4) is 5.75 Å². The second kappa shape index (κ2) is 8.39. The Kier molecular flexibility index (Phi) is 7.18. The highest BCUT2D eigenvalue weighted by atomic mass is 79.9. The van der Waals surface area contributed by atoms with E-state index in [1.165, 1.54) is 7.11 Å². The van der Waals surface area contributed by atoms with E-state index in [9.17, 15) is 4.79 Å². The first-order chi connectivity index (χ1) is 9.83. The fourth-order valence-electron chi connectivity index (χ4n) is 1.71. The van der Waals surface area contributed by atoms with Crippen molar-refractivity contribution in [2.24, 2.45) is 0 Å². The zero-order chi connectivity index (χ0) is 15.9. The highest BCUT2D eigenvalue weighted by molar-refractivity contribution is 9.10. The minimum absolute atomic E-state index is 0.0461. The third kappa shape index (κ3) is 6.96. The van der Waals surface area contributed by atoms with E-state index in [1.807, 2.05) is 18.2 Å². The van der Waals surface area contributed by atoms with Gasteiger partial charge in [0.15, 0.2) is 0 Å². The van der Waals surface area contributed by atoms with Crippen LogP contribution in [-0.4, -0.2) is 25.2 Å². The average Bonchev–Trinajstić information content (AvgIpc) is 2.41. The molecular formula is C16H24BrNO3. The number of methoxy groups -OCH3 is 1. The summed E-state index contributed by atoms with van der Waals surface area (Å²) in [7, 11) is 1.40. The summed E-state index contributed by atoms with van der Waals surface area (Å²) in [5, 5.41) is 3.45. The largest absolute Gasteiger partial charge is 0.492 e. The fourth-order valence-corrected chi connectivity index (χ4v) is 2.23. The number of benzene rings is 1. The molecule has 1 aromatic carbocycles. The van der Waals surface area contributed by atoms with E-state index in [4.69, 9.17) is 4.74 Å². The summed E-state index contributed by atoms with van der Waals surface area (Å²) < 4.78 is 11.4. The summed E-state index contributed by atoms with van der Waals surface area (Å²) in [6, 6.07) is 5.99. The van der Waals surface area contributed by atoms with Crippen LogP contribution < -0.4 is 10.1 Å². The van der Waals surface area contributed by atoms with Gasteiger partial charge in [0.2, 0.25) is 0 Å². The molecule has 0 saturated heterocycles. The molecule has 0 aliphatic heterocycles. The summed E-state index contributed by atoms with van der Waals surface area (Å²) in [5.41, 5.74) is 1.14. The Hall–Kier alpha value is -1.07. The lowest BCUT2D eigenvalue weighted by Gasteiger charge is -2.22.